The van der Waals surface area contributed by atoms with Gasteiger partial charge in [0.1, 0.15) is 0 Å². The molecule has 0 radical (unpaired) electrons. The molecule has 28 heavy (non-hydrogen) atoms. The number of amides is 2. The predicted molar refractivity (Wildman–Crippen MR) is 108 cm³/mol. The van der Waals surface area contributed by atoms with E-state index in [1.165, 1.54) is 7.11 Å². The lowest BCUT2D eigenvalue weighted by molar-refractivity contribution is -0.136. The van der Waals surface area contributed by atoms with E-state index in [1.54, 1.807) is 18.2 Å². The Bertz CT molecular complexity index is 899. The van der Waals surface area contributed by atoms with Crippen LogP contribution in [0, 0.1) is 0 Å². The monoisotopic (exact) mass is 399 g/mol. The van der Waals surface area contributed by atoms with Gasteiger partial charge in [0, 0.05) is 23.8 Å². The predicted octanol–water partition coefficient (Wildman–Crippen LogP) is 3.25. The first-order valence-corrected chi connectivity index (χ1v) is 9.22. The molecule has 1 atom stereocenters. The fourth-order valence-corrected chi connectivity index (χ4v) is 3.45. The zero-order chi connectivity index (χ0) is 20.1. The van der Waals surface area contributed by atoms with Crippen molar-refractivity contribution >= 4 is 23.6 Å². The van der Waals surface area contributed by atoms with Crippen LogP contribution in [0.4, 0.5) is 4.79 Å². The van der Waals surface area contributed by atoms with Crippen LogP contribution in [0.3, 0.4) is 0 Å². The molecule has 1 heterocycles. The van der Waals surface area contributed by atoms with Crippen LogP contribution in [-0.2, 0) is 16.1 Å². The number of hydrogen-bond donors (Lipinski definition) is 2. The van der Waals surface area contributed by atoms with E-state index < -0.39 is 12.0 Å². The van der Waals surface area contributed by atoms with Gasteiger partial charge < -0.3 is 15.4 Å². The summed E-state index contributed by atoms with van der Waals surface area (Å²) in [6.45, 7) is 1.05. The number of hydrogen-bond acceptors (Lipinski definition) is 4. The summed E-state index contributed by atoms with van der Waals surface area (Å²) in [6, 6.07) is 16.0. The number of nitrogens with zero attached hydrogens (tertiary/aromatic N) is 1. The van der Waals surface area contributed by atoms with E-state index in [9.17, 15) is 9.59 Å². The summed E-state index contributed by atoms with van der Waals surface area (Å²) in [6.07, 6.45) is 0. The van der Waals surface area contributed by atoms with Crippen LogP contribution >= 0.6 is 11.6 Å². The maximum Gasteiger partial charge on any atom is 0.338 e. The quantitative estimate of drug-likeness (QED) is 0.731. The second-order valence-corrected chi connectivity index (χ2v) is 7.06. The summed E-state index contributed by atoms with van der Waals surface area (Å²) in [4.78, 5) is 26.9. The number of halogens is 1. The van der Waals surface area contributed by atoms with Gasteiger partial charge in [-0.1, -0.05) is 54.1 Å². The molecule has 2 aromatic carbocycles. The molecule has 0 saturated heterocycles. The molecular formula is C21H22ClN3O3. The maximum absolute atomic E-state index is 12.6. The Kier molecular flexibility index (Phi) is 6.34. The number of benzene rings is 2. The molecule has 0 saturated carbocycles. The number of carbonyl (C=O) groups excluding carboxylic acids is 2. The minimum Gasteiger partial charge on any atom is -0.466 e. The summed E-state index contributed by atoms with van der Waals surface area (Å²) >= 11 is 6.10. The molecule has 3 rings (SSSR count). The molecule has 0 fully saturated rings. The van der Waals surface area contributed by atoms with Crippen molar-refractivity contribution in [3.63, 3.8) is 0 Å². The lowest BCUT2D eigenvalue weighted by Crippen LogP contribution is -2.48. The van der Waals surface area contributed by atoms with Crippen molar-refractivity contribution in [2.45, 2.75) is 12.6 Å². The van der Waals surface area contributed by atoms with Gasteiger partial charge >= 0.3 is 12.0 Å². The van der Waals surface area contributed by atoms with Crippen molar-refractivity contribution in [1.82, 2.24) is 15.5 Å². The van der Waals surface area contributed by atoms with E-state index in [0.29, 0.717) is 34.9 Å². The Balaban J connectivity index is 1.93. The molecule has 1 aliphatic rings. The Morgan fingerprint density at radius 1 is 1.14 bits per heavy atom. The second kappa shape index (κ2) is 8.91. The summed E-state index contributed by atoms with van der Waals surface area (Å²) in [5.74, 6) is -0.499. The fourth-order valence-electron chi connectivity index (χ4n) is 3.25. The van der Waals surface area contributed by atoms with Gasteiger partial charge in [0.05, 0.1) is 18.7 Å². The topological polar surface area (TPSA) is 70.7 Å². The molecule has 6 nitrogen and oxygen atoms in total. The average molecular weight is 400 g/mol. The third-order valence-electron chi connectivity index (χ3n) is 4.46. The molecule has 1 aliphatic heterocycles. The SMILES string of the molecule is COC(=O)C1=C(CN(C)Cc2ccccc2)NC(=O)N[C@H]1c1cccc(Cl)c1. The first kappa shape index (κ1) is 19.9. The lowest BCUT2D eigenvalue weighted by atomic mass is 9.95. The number of rotatable bonds is 6. The Morgan fingerprint density at radius 3 is 2.57 bits per heavy atom. The van der Waals surface area contributed by atoms with Gasteiger partial charge in [0.25, 0.3) is 0 Å². The number of ether oxygens (including phenoxy) is 1. The van der Waals surface area contributed by atoms with E-state index in [2.05, 4.69) is 10.6 Å². The summed E-state index contributed by atoms with van der Waals surface area (Å²) in [7, 11) is 3.25. The summed E-state index contributed by atoms with van der Waals surface area (Å²) in [5.41, 5.74) is 2.73. The molecule has 2 aromatic rings. The number of methoxy groups -OCH3 is 1. The molecular weight excluding hydrogens is 378 g/mol. The molecule has 2 amide bonds. The van der Waals surface area contributed by atoms with Crippen LogP contribution in [0.15, 0.2) is 65.9 Å². The van der Waals surface area contributed by atoms with Gasteiger partial charge in [0.2, 0.25) is 0 Å². The number of esters is 1. The largest absolute Gasteiger partial charge is 0.466 e. The Morgan fingerprint density at radius 2 is 1.89 bits per heavy atom. The van der Waals surface area contributed by atoms with Gasteiger partial charge in [0.15, 0.2) is 0 Å². The highest BCUT2D eigenvalue weighted by atomic mass is 35.5. The molecule has 0 unspecified atom stereocenters. The summed E-state index contributed by atoms with van der Waals surface area (Å²) < 4.78 is 5.00. The smallest absolute Gasteiger partial charge is 0.338 e. The van der Waals surface area contributed by atoms with Crippen LogP contribution < -0.4 is 10.6 Å². The van der Waals surface area contributed by atoms with Crippen molar-refractivity contribution in [2.75, 3.05) is 20.7 Å². The third-order valence-corrected chi connectivity index (χ3v) is 4.70. The maximum atomic E-state index is 12.6. The van der Waals surface area contributed by atoms with E-state index in [1.807, 2.05) is 48.3 Å². The van der Waals surface area contributed by atoms with E-state index in [4.69, 9.17) is 16.3 Å². The van der Waals surface area contributed by atoms with Crippen LogP contribution in [0.5, 0.6) is 0 Å². The first-order chi connectivity index (χ1) is 13.5. The number of likely N-dealkylation sites (N-methyl/N-ethyl adjacent to an activating group) is 1. The number of nitrogens with one attached hydrogen (secondary N) is 2. The minimum absolute atomic E-state index is 0.365. The highest BCUT2D eigenvalue weighted by Crippen LogP contribution is 2.29. The van der Waals surface area contributed by atoms with Gasteiger partial charge in [-0.3, -0.25) is 4.90 Å². The molecule has 146 valence electrons. The Labute approximate surface area is 169 Å². The third kappa shape index (κ3) is 4.71. The van der Waals surface area contributed by atoms with E-state index >= 15 is 0 Å². The Hall–Kier alpha value is -2.83. The van der Waals surface area contributed by atoms with Gasteiger partial charge in [-0.25, -0.2) is 9.59 Å². The highest BCUT2D eigenvalue weighted by molar-refractivity contribution is 6.30. The zero-order valence-corrected chi connectivity index (χ0v) is 16.5. The van der Waals surface area contributed by atoms with Crippen LogP contribution in [0.1, 0.15) is 17.2 Å². The zero-order valence-electron chi connectivity index (χ0n) is 15.7. The van der Waals surface area contributed by atoms with Gasteiger partial charge in [-0.2, -0.15) is 0 Å². The number of carbonyl (C=O) groups is 2. The molecule has 0 bridgehead atoms. The van der Waals surface area contributed by atoms with Crippen molar-refractivity contribution in [2.24, 2.45) is 0 Å². The van der Waals surface area contributed by atoms with Gasteiger partial charge in [-0.05, 0) is 30.3 Å². The summed E-state index contributed by atoms with van der Waals surface area (Å²) in [5, 5.41) is 6.08. The van der Waals surface area contributed by atoms with Crippen LogP contribution in [-0.4, -0.2) is 37.6 Å². The van der Waals surface area contributed by atoms with Crippen molar-refractivity contribution in [3.8, 4) is 0 Å². The standard InChI is InChI=1S/C21H22ClN3O3/c1-25(12-14-7-4-3-5-8-14)13-17-18(20(26)28-2)19(24-21(27)23-17)15-9-6-10-16(22)11-15/h3-11,19H,12-13H2,1-2H3,(H2,23,24,27)/t19-/m0/s1. The lowest BCUT2D eigenvalue weighted by Gasteiger charge is -2.31. The molecule has 0 spiro atoms. The van der Waals surface area contributed by atoms with Crippen LogP contribution in [0.25, 0.3) is 0 Å². The molecule has 0 aliphatic carbocycles. The normalized spacial score (nSPS) is 16.6. The average Bonchev–Trinajstić information content (AvgIpc) is 2.67. The molecule has 0 aromatic heterocycles. The highest BCUT2D eigenvalue weighted by Gasteiger charge is 2.33. The molecule has 2 N–H and O–H groups in total. The van der Waals surface area contributed by atoms with Gasteiger partial charge in [-0.15, -0.1) is 0 Å². The first-order valence-electron chi connectivity index (χ1n) is 8.84. The fraction of sp³-hybridized carbons (Fsp3) is 0.238. The van der Waals surface area contributed by atoms with E-state index in [-0.39, 0.29) is 6.03 Å². The number of urea groups is 1. The minimum atomic E-state index is -0.639. The van der Waals surface area contributed by atoms with Crippen molar-refractivity contribution < 1.29 is 14.3 Å². The van der Waals surface area contributed by atoms with Crippen molar-refractivity contribution in [1.29, 1.82) is 0 Å². The molecule has 7 heteroatoms. The van der Waals surface area contributed by atoms with Crippen LogP contribution in [0.2, 0.25) is 5.02 Å². The van der Waals surface area contributed by atoms with E-state index in [0.717, 1.165) is 5.56 Å². The van der Waals surface area contributed by atoms with Crippen molar-refractivity contribution in [3.05, 3.63) is 82.0 Å². The second-order valence-electron chi connectivity index (χ2n) is 6.63.